The Labute approximate surface area is 73.3 Å². The van der Waals surface area contributed by atoms with Crippen molar-refractivity contribution >= 4 is 0 Å². The van der Waals surface area contributed by atoms with E-state index < -0.39 is 0 Å². The van der Waals surface area contributed by atoms with Gasteiger partial charge in [0.1, 0.15) is 0 Å². The summed E-state index contributed by atoms with van der Waals surface area (Å²) < 4.78 is 4.98. The van der Waals surface area contributed by atoms with E-state index in [1.165, 1.54) is 5.56 Å². The fraction of sp³-hybridized carbons (Fsp3) is 0.400. The monoisotopic (exact) mass is 165 g/mol. The average molecular weight is 165 g/mol. The summed E-state index contributed by atoms with van der Waals surface area (Å²) in [6, 6.07) is 2.47. The molecule has 1 aromatic heterocycles. The fourth-order valence-corrected chi connectivity index (χ4v) is 1.20. The third kappa shape index (κ3) is 2.55. The molecule has 1 rings (SSSR count). The van der Waals surface area contributed by atoms with Gasteiger partial charge in [-0.25, -0.2) is 0 Å². The number of hydrogen-bond donors (Lipinski definition) is 1. The molecule has 66 valence electrons. The Morgan fingerprint density at radius 3 is 3.08 bits per heavy atom. The second-order valence-electron chi connectivity index (χ2n) is 2.85. The number of nitrogens with one attached hydrogen (secondary N) is 1. The highest BCUT2D eigenvalue weighted by Crippen LogP contribution is 2.06. The maximum atomic E-state index is 4.98. The SMILES string of the molecule is C=CCC(Cc1ccoc1)NC. The van der Waals surface area contributed by atoms with Gasteiger partial charge in [-0.3, -0.25) is 0 Å². The number of furan rings is 1. The van der Waals surface area contributed by atoms with Crippen LogP contribution < -0.4 is 5.32 Å². The molecule has 2 heteroatoms. The summed E-state index contributed by atoms with van der Waals surface area (Å²) in [7, 11) is 1.97. The Morgan fingerprint density at radius 1 is 1.75 bits per heavy atom. The van der Waals surface area contributed by atoms with Gasteiger partial charge in [-0.05, 0) is 31.5 Å². The van der Waals surface area contributed by atoms with Crippen LogP contribution in [0, 0.1) is 0 Å². The van der Waals surface area contributed by atoms with Crippen LogP contribution in [-0.2, 0) is 6.42 Å². The van der Waals surface area contributed by atoms with Gasteiger partial charge in [-0.1, -0.05) is 6.08 Å². The Hall–Kier alpha value is -1.02. The second-order valence-corrected chi connectivity index (χ2v) is 2.85. The molecular formula is C10H15NO. The molecule has 0 aliphatic carbocycles. The number of hydrogen-bond acceptors (Lipinski definition) is 2. The van der Waals surface area contributed by atoms with E-state index >= 15 is 0 Å². The highest BCUT2D eigenvalue weighted by atomic mass is 16.3. The maximum absolute atomic E-state index is 4.98. The zero-order chi connectivity index (χ0) is 8.81. The molecule has 0 bridgehead atoms. The molecule has 0 radical (unpaired) electrons. The van der Waals surface area contributed by atoms with E-state index in [9.17, 15) is 0 Å². The van der Waals surface area contributed by atoms with Gasteiger partial charge in [0.25, 0.3) is 0 Å². The fourth-order valence-electron chi connectivity index (χ4n) is 1.20. The summed E-state index contributed by atoms with van der Waals surface area (Å²) in [4.78, 5) is 0. The Morgan fingerprint density at radius 2 is 2.58 bits per heavy atom. The van der Waals surface area contributed by atoms with E-state index in [0.717, 1.165) is 12.8 Å². The van der Waals surface area contributed by atoms with E-state index in [1.54, 1.807) is 12.5 Å². The van der Waals surface area contributed by atoms with Crippen molar-refractivity contribution in [3.8, 4) is 0 Å². The van der Waals surface area contributed by atoms with Gasteiger partial charge in [0, 0.05) is 6.04 Å². The van der Waals surface area contributed by atoms with Crippen LogP contribution in [0.25, 0.3) is 0 Å². The third-order valence-corrected chi connectivity index (χ3v) is 1.92. The van der Waals surface area contributed by atoms with Gasteiger partial charge in [0.05, 0.1) is 12.5 Å². The second kappa shape index (κ2) is 4.78. The van der Waals surface area contributed by atoms with E-state index in [-0.39, 0.29) is 0 Å². The van der Waals surface area contributed by atoms with Crippen LogP contribution in [0.1, 0.15) is 12.0 Å². The van der Waals surface area contributed by atoms with Crippen LogP contribution in [-0.4, -0.2) is 13.1 Å². The topological polar surface area (TPSA) is 25.2 Å². The molecule has 0 aliphatic rings. The smallest absolute Gasteiger partial charge is 0.0935 e. The zero-order valence-electron chi connectivity index (χ0n) is 7.42. The van der Waals surface area contributed by atoms with Crippen molar-refractivity contribution < 1.29 is 4.42 Å². The lowest BCUT2D eigenvalue weighted by Gasteiger charge is -2.11. The van der Waals surface area contributed by atoms with Crippen molar-refractivity contribution in [2.75, 3.05) is 7.05 Å². The van der Waals surface area contributed by atoms with Crippen molar-refractivity contribution in [2.45, 2.75) is 18.9 Å². The first-order valence-electron chi connectivity index (χ1n) is 4.16. The Kier molecular flexibility index (Phi) is 3.61. The van der Waals surface area contributed by atoms with Crippen molar-refractivity contribution in [1.29, 1.82) is 0 Å². The van der Waals surface area contributed by atoms with E-state index in [2.05, 4.69) is 11.9 Å². The summed E-state index contributed by atoms with van der Waals surface area (Å²) in [5, 5.41) is 3.23. The minimum atomic E-state index is 0.472. The molecule has 0 amide bonds. The quantitative estimate of drug-likeness (QED) is 0.675. The number of likely N-dealkylation sites (N-methyl/N-ethyl adjacent to an activating group) is 1. The molecule has 1 aromatic rings. The van der Waals surface area contributed by atoms with E-state index in [0.29, 0.717) is 6.04 Å². The molecule has 1 unspecified atom stereocenters. The zero-order valence-corrected chi connectivity index (χ0v) is 7.42. The lowest BCUT2D eigenvalue weighted by molar-refractivity contribution is 0.543. The Bertz CT molecular complexity index is 216. The van der Waals surface area contributed by atoms with Crippen molar-refractivity contribution in [2.24, 2.45) is 0 Å². The van der Waals surface area contributed by atoms with Crippen LogP contribution in [0.2, 0.25) is 0 Å². The largest absolute Gasteiger partial charge is 0.472 e. The number of rotatable bonds is 5. The molecule has 0 saturated heterocycles. The first-order chi connectivity index (χ1) is 5.86. The first kappa shape index (κ1) is 9.07. The van der Waals surface area contributed by atoms with Gasteiger partial charge in [0.2, 0.25) is 0 Å². The van der Waals surface area contributed by atoms with Crippen molar-refractivity contribution in [1.82, 2.24) is 5.32 Å². The minimum absolute atomic E-state index is 0.472. The molecule has 1 heterocycles. The molecule has 0 fully saturated rings. The van der Waals surface area contributed by atoms with E-state index in [1.807, 2.05) is 19.2 Å². The summed E-state index contributed by atoms with van der Waals surface area (Å²) in [6.45, 7) is 3.71. The minimum Gasteiger partial charge on any atom is -0.472 e. The lowest BCUT2D eigenvalue weighted by Crippen LogP contribution is -2.26. The lowest BCUT2D eigenvalue weighted by atomic mass is 10.1. The first-order valence-corrected chi connectivity index (χ1v) is 4.16. The third-order valence-electron chi connectivity index (χ3n) is 1.92. The van der Waals surface area contributed by atoms with Crippen LogP contribution in [0.5, 0.6) is 0 Å². The average Bonchev–Trinajstić information content (AvgIpc) is 2.56. The summed E-state index contributed by atoms with van der Waals surface area (Å²) in [6.07, 6.45) is 7.41. The predicted octanol–water partition coefficient (Wildman–Crippen LogP) is 1.99. The molecule has 1 atom stereocenters. The standard InChI is InChI=1S/C10H15NO/c1-3-4-10(11-2)7-9-5-6-12-8-9/h3,5-6,8,10-11H,1,4,7H2,2H3. The Balaban J connectivity index is 2.42. The summed E-state index contributed by atoms with van der Waals surface area (Å²) >= 11 is 0. The van der Waals surface area contributed by atoms with Gasteiger partial charge >= 0.3 is 0 Å². The van der Waals surface area contributed by atoms with Gasteiger partial charge in [-0.15, -0.1) is 6.58 Å². The van der Waals surface area contributed by atoms with Crippen LogP contribution in [0.3, 0.4) is 0 Å². The highest BCUT2D eigenvalue weighted by molar-refractivity contribution is 5.07. The van der Waals surface area contributed by atoms with Gasteiger partial charge in [0.15, 0.2) is 0 Å². The van der Waals surface area contributed by atoms with Gasteiger partial charge < -0.3 is 9.73 Å². The van der Waals surface area contributed by atoms with E-state index in [4.69, 9.17) is 4.42 Å². The summed E-state index contributed by atoms with van der Waals surface area (Å²) in [5.41, 5.74) is 1.23. The molecule has 12 heavy (non-hydrogen) atoms. The van der Waals surface area contributed by atoms with Crippen molar-refractivity contribution in [3.05, 3.63) is 36.8 Å². The van der Waals surface area contributed by atoms with Crippen molar-refractivity contribution in [3.63, 3.8) is 0 Å². The molecule has 0 aromatic carbocycles. The summed E-state index contributed by atoms with van der Waals surface area (Å²) in [5.74, 6) is 0. The van der Waals surface area contributed by atoms with Gasteiger partial charge in [-0.2, -0.15) is 0 Å². The molecule has 0 saturated carbocycles. The molecule has 2 nitrogen and oxygen atoms in total. The predicted molar refractivity (Wildman–Crippen MR) is 50.1 cm³/mol. The van der Waals surface area contributed by atoms with Crippen LogP contribution in [0.4, 0.5) is 0 Å². The normalized spacial score (nSPS) is 12.8. The molecule has 0 spiro atoms. The molecule has 0 aliphatic heterocycles. The van der Waals surface area contributed by atoms with Crippen LogP contribution >= 0.6 is 0 Å². The molecule has 1 N–H and O–H groups in total. The van der Waals surface area contributed by atoms with Crippen LogP contribution in [0.15, 0.2) is 35.7 Å². The highest BCUT2D eigenvalue weighted by Gasteiger charge is 2.05. The molecular weight excluding hydrogens is 150 g/mol. The maximum Gasteiger partial charge on any atom is 0.0935 e.